The Hall–Kier alpha value is -3.25. The Morgan fingerprint density at radius 2 is 1.49 bits per heavy atom. The third-order valence-corrected chi connectivity index (χ3v) is 9.93. The summed E-state index contributed by atoms with van der Waals surface area (Å²) in [4.78, 5) is 42.3. The lowest BCUT2D eigenvalue weighted by Gasteiger charge is -2.51. The van der Waals surface area contributed by atoms with Gasteiger partial charge in [-0.05, 0) is 46.9 Å². The zero-order valence-corrected chi connectivity index (χ0v) is 23.7. The fourth-order valence-corrected chi connectivity index (χ4v) is 8.04. The molecule has 5 nitrogen and oxygen atoms in total. The third-order valence-electron chi connectivity index (χ3n) is 8.59. The molecule has 0 unspecified atom stereocenters. The molecule has 39 heavy (non-hydrogen) atoms. The van der Waals surface area contributed by atoms with Gasteiger partial charge in [0.1, 0.15) is 0 Å². The largest absolute Gasteiger partial charge is 0.462 e. The summed E-state index contributed by atoms with van der Waals surface area (Å²) in [5, 5.41) is 0. The molecule has 3 aromatic rings. The van der Waals surface area contributed by atoms with Crippen molar-refractivity contribution in [3.05, 3.63) is 101 Å². The number of alkyl halides is 1. The Balaban J connectivity index is 1.27. The predicted molar refractivity (Wildman–Crippen MR) is 154 cm³/mol. The van der Waals surface area contributed by atoms with Crippen LogP contribution in [0.1, 0.15) is 84.0 Å². The van der Waals surface area contributed by atoms with Crippen molar-refractivity contribution >= 4 is 39.4 Å². The zero-order valence-electron chi connectivity index (χ0n) is 22.1. The zero-order chi connectivity index (χ0) is 27.1. The van der Waals surface area contributed by atoms with Gasteiger partial charge in [-0.3, -0.25) is 9.59 Å². The van der Waals surface area contributed by atoms with Gasteiger partial charge < -0.3 is 4.74 Å². The molecule has 4 aliphatic rings. The van der Waals surface area contributed by atoms with Crippen LogP contribution in [0.4, 0.5) is 5.69 Å². The third kappa shape index (κ3) is 4.07. The SMILES string of the molecule is CCCCCCCCOC(=O)c1cccc(N2C(=O)[C@@H]3C4c5ccccc5C(Br)(c5ccccc54)[C@H]3C2=O)c1. The van der Waals surface area contributed by atoms with Crippen molar-refractivity contribution in [2.75, 3.05) is 11.5 Å². The quantitative estimate of drug-likeness (QED) is 0.116. The van der Waals surface area contributed by atoms with E-state index in [2.05, 4.69) is 47.1 Å². The van der Waals surface area contributed by atoms with Crippen LogP contribution in [0, 0.1) is 11.8 Å². The number of rotatable bonds is 9. The van der Waals surface area contributed by atoms with Crippen molar-refractivity contribution in [2.45, 2.75) is 55.7 Å². The Morgan fingerprint density at radius 1 is 0.846 bits per heavy atom. The lowest BCUT2D eigenvalue weighted by Crippen LogP contribution is -2.50. The van der Waals surface area contributed by atoms with Gasteiger partial charge in [0.2, 0.25) is 11.8 Å². The molecule has 200 valence electrons. The number of nitrogens with zero attached hydrogens (tertiary/aromatic N) is 1. The molecule has 0 saturated carbocycles. The highest BCUT2D eigenvalue weighted by Crippen LogP contribution is 2.66. The minimum Gasteiger partial charge on any atom is -0.462 e. The van der Waals surface area contributed by atoms with Crippen molar-refractivity contribution in [1.29, 1.82) is 0 Å². The molecule has 2 bridgehead atoms. The summed E-state index contributed by atoms with van der Waals surface area (Å²) in [6.07, 6.45) is 6.65. The van der Waals surface area contributed by atoms with E-state index in [1.807, 2.05) is 24.3 Å². The van der Waals surface area contributed by atoms with Crippen LogP contribution < -0.4 is 4.90 Å². The van der Waals surface area contributed by atoms with Gasteiger partial charge in [0, 0.05) is 5.92 Å². The van der Waals surface area contributed by atoms with Crippen LogP contribution >= 0.6 is 15.9 Å². The fourth-order valence-electron chi connectivity index (χ4n) is 6.84. The van der Waals surface area contributed by atoms with Crippen LogP contribution in [0.15, 0.2) is 72.8 Å². The Kier molecular flexibility index (Phi) is 6.92. The lowest BCUT2D eigenvalue weighted by atomic mass is 9.55. The Labute approximate surface area is 237 Å². The van der Waals surface area contributed by atoms with Crippen LogP contribution in [-0.4, -0.2) is 24.4 Å². The van der Waals surface area contributed by atoms with Gasteiger partial charge in [-0.15, -0.1) is 0 Å². The van der Waals surface area contributed by atoms with Crippen LogP contribution in [-0.2, 0) is 18.7 Å². The Morgan fingerprint density at radius 3 is 2.18 bits per heavy atom. The van der Waals surface area contributed by atoms with Crippen LogP contribution in [0.5, 0.6) is 0 Å². The van der Waals surface area contributed by atoms with E-state index in [-0.39, 0.29) is 17.7 Å². The standard InChI is InChI=1S/C33H32BrNO4/c1-2-3-4-5-6-11-19-39-32(38)21-13-12-14-22(20-21)35-30(36)28-27-23-15-7-9-17-25(23)33(34,29(28)31(35)37)26-18-10-8-16-24(26)27/h7-10,12-18,20,27-29H,2-6,11,19H2,1H3/t27?,28-,29-,33?/m1/s1. The van der Waals surface area contributed by atoms with Gasteiger partial charge in [-0.2, -0.15) is 0 Å². The maximum absolute atomic E-state index is 14.1. The number of imide groups is 1. The number of halogens is 1. The summed E-state index contributed by atoms with van der Waals surface area (Å²) < 4.78 is 4.71. The maximum atomic E-state index is 14.1. The lowest BCUT2D eigenvalue weighted by molar-refractivity contribution is -0.122. The van der Waals surface area contributed by atoms with Gasteiger partial charge >= 0.3 is 5.97 Å². The highest BCUT2D eigenvalue weighted by molar-refractivity contribution is 9.09. The van der Waals surface area contributed by atoms with Crippen LogP contribution in [0.3, 0.4) is 0 Å². The molecule has 0 radical (unpaired) electrons. The van der Waals surface area contributed by atoms with E-state index >= 15 is 0 Å². The van der Waals surface area contributed by atoms with Gasteiger partial charge in [-0.1, -0.05) is 110 Å². The molecule has 1 saturated heterocycles. The highest BCUT2D eigenvalue weighted by atomic mass is 79.9. The molecular weight excluding hydrogens is 554 g/mol. The molecule has 1 aliphatic heterocycles. The molecule has 2 atom stereocenters. The molecule has 2 amide bonds. The first-order valence-corrected chi connectivity index (χ1v) is 14.8. The first kappa shape index (κ1) is 26.0. The number of hydrogen-bond donors (Lipinski definition) is 0. The van der Waals surface area contributed by atoms with E-state index in [0.717, 1.165) is 41.5 Å². The van der Waals surface area contributed by atoms with Crippen molar-refractivity contribution in [3.63, 3.8) is 0 Å². The number of amides is 2. The van der Waals surface area contributed by atoms with Gasteiger partial charge in [0.25, 0.3) is 0 Å². The number of carbonyl (C=O) groups is 3. The van der Waals surface area contributed by atoms with Gasteiger partial charge in [0.15, 0.2) is 0 Å². The average Bonchev–Trinajstić information content (AvgIpc) is 3.23. The second-order valence-electron chi connectivity index (χ2n) is 10.8. The van der Waals surface area contributed by atoms with Crippen LogP contribution in [0.2, 0.25) is 0 Å². The molecule has 0 N–H and O–H groups in total. The number of ether oxygens (including phenoxy) is 1. The summed E-state index contributed by atoms with van der Waals surface area (Å²) in [6.45, 7) is 2.55. The van der Waals surface area contributed by atoms with E-state index in [9.17, 15) is 14.4 Å². The number of esters is 1. The number of unbranched alkanes of at least 4 members (excludes halogenated alkanes) is 5. The average molecular weight is 587 g/mol. The minimum atomic E-state index is -0.797. The summed E-state index contributed by atoms with van der Waals surface area (Å²) in [5.41, 5.74) is 5.03. The molecular formula is C33H32BrNO4. The number of hydrogen-bond acceptors (Lipinski definition) is 4. The van der Waals surface area contributed by atoms with E-state index < -0.39 is 22.1 Å². The van der Waals surface area contributed by atoms with Crippen molar-refractivity contribution in [1.82, 2.24) is 0 Å². The van der Waals surface area contributed by atoms with E-state index in [1.54, 1.807) is 24.3 Å². The summed E-state index contributed by atoms with van der Waals surface area (Å²) >= 11 is 4.02. The number of benzene rings is 3. The van der Waals surface area contributed by atoms with E-state index in [1.165, 1.54) is 24.2 Å². The minimum absolute atomic E-state index is 0.200. The second kappa shape index (κ2) is 10.4. The first-order chi connectivity index (χ1) is 19.0. The summed E-state index contributed by atoms with van der Waals surface area (Å²) in [7, 11) is 0. The number of carbonyl (C=O) groups excluding carboxylic acids is 3. The van der Waals surface area contributed by atoms with E-state index in [4.69, 9.17) is 4.74 Å². The highest BCUT2D eigenvalue weighted by Gasteiger charge is 2.67. The molecule has 0 aromatic heterocycles. The van der Waals surface area contributed by atoms with Crippen molar-refractivity contribution < 1.29 is 19.1 Å². The first-order valence-electron chi connectivity index (χ1n) is 14.0. The normalized spacial score (nSPS) is 24.4. The van der Waals surface area contributed by atoms with Gasteiger partial charge in [-0.25, -0.2) is 9.69 Å². The molecule has 7 rings (SSSR count). The van der Waals surface area contributed by atoms with Crippen molar-refractivity contribution in [2.24, 2.45) is 11.8 Å². The van der Waals surface area contributed by atoms with Crippen molar-refractivity contribution in [3.8, 4) is 0 Å². The van der Waals surface area contributed by atoms with Gasteiger partial charge in [0.05, 0.1) is 34.0 Å². The number of anilines is 1. The molecule has 0 spiro atoms. The maximum Gasteiger partial charge on any atom is 0.338 e. The molecule has 6 heteroatoms. The summed E-state index contributed by atoms with van der Waals surface area (Å²) in [5.74, 6) is -2.20. The van der Waals surface area contributed by atoms with E-state index in [0.29, 0.717) is 17.9 Å². The molecule has 1 heterocycles. The molecule has 3 aromatic carbocycles. The molecule has 1 fully saturated rings. The summed E-state index contributed by atoms with van der Waals surface area (Å²) in [6, 6.07) is 22.9. The monoisotopic (exact) mass is 585 g/mol. The second-order valence-corrected chi connectivity index (χ2v) is 12.1. The molecule has 3 aliphatic carbocycles. The predicted octanol–water partition coefficient (Wildman–Crippen LogP) is 7.11. The Bertz CT molecular complexity index is 1400. The smallest absolute Gasteiger partial charge is 0.338 e. The van der Waals surface area contributed by atoms with Crippen LogP contribution in [0.25, 0.3) is 0 Å². The topological polar surface area (TPSA) is 63.7 Å². The fraction of sp³-hybridized carbons (Fsp3) is 0.364.